The van der Waals surface area contributed by atoms with E-state index in [0.717, 1.165) is 12.1 Å². The van der Waals surface area contributed by atoms with Gasteiger partial charge in [0.25, 0.3) is 0 Å². The molecule has 2 aromatic carbocycles. The van der Waals surface area contributed by atoms with Crippen molar-refractivity contribution < 1.29 is 42.5 Å². The van der Waals surface area contributed by atoms with Crippen molar-refractivity contribution in [3.05, 3.63) is 84.8 Å². The molecule has 0 aliphatic rings. The smallest absolute Gasteiger partial charge is 0.338 e. The molecule has 37 heavy (non-hydrogen) atoms. The van der Waals surface area contributed by atoms with Crippen molar-refractivity contribution >= 4 is 23.9 Å². The van der Waals surface area contributed by atoms with Crippen molar-refractivity contribution in [2.45, 2.75) is 27.7 Å². The summed E-state index contributed by atoms with van der Waals surface area (Å²) in [6, 6.07) is 5.77. The van der Waals surface area contributed by atoms with Crippen LogP contribution < -0.4 is 18.9 Å². The zero-order chi connectivity index (χ0) is 28.0. The summed E-state index contributed by atoms with van der Waals surface area (Å²) in [5.41, 5.74) is -0.154. The summed E-state index contributed by atoms with van der Waals surface area (Å²) >= 11 is 0. The normalized spacial score (nSPS) is 10.1. The van der Waals surface area contributed by atoms with E-state index in [1.165, 1.54) is 45.9 Å². The lowest BCUT2D eigenvalue weighted by Gasteiger charge is -2.17. The van der Waals surface area contributed by atoms with Crippen molar-refractivity contribution in [1.82, 2.24) is 0 Å². The molecule has 0 saturated heterocycles. The number of rotatable bonds is 9. The Hall–Kier alpha value is -4.79. The third-order valence-electron chi connectivity index (χ3n) is 4.47. The number of halogens is 1. The maximum Gasteiger partial charge on any atom is 0.338 e. The summed E-state index contributed by atoms with van der Waals surface area (Å²) < 4.78 is 36.4. The Morgan fingerprint density at radius 3 is 1.49 bits per heavy atom. The minimum absolute atomic E-state index is 0.00619. The van der Waals surface area contributed by atoms with Crippen LogP contribution in [-0.2, 0) is 19.2 Å². The second-order valence-electron chi connectivity index (χ2n) is 8.12. The van der Waals surface area contributed by atoms with Crippen LogP contribution in [0.25, 0.3) is 11.1 Å². The van der Waals surface area contributed by atoms with Crippen molar-refractivity contribution in [1.29, 1.82) is 0 Å². The summed E-state index contributed by atoms with van der Waals surface area (Å²) in [6.07, 6.45) is 0. The highest BCUT2D eigenvalue weighted by molar-refractivity contribution is 5.94. The lowest BCUT2D eigenvalue weighted by atomic mass is 10.0. The van der Waals surface area contributed by atoms with Crippen LogP contribution in [0.5, 0.6) is 23.0 Å². The van der Waals surface area contributed by atoms with Gasteiger partial charge in [0, 0.05) is 46.1 Å². The highest BCUT2D eigenvalue weighted by Gasteiger charge is 2.24. The molecule has 2 aromatic rings. The average Bonchev–Trinajstić information content (AvgIpc) is 2.79. The third-order valence-corrected chi connectivity index (χ3v) is 4.47. The van der Waals surface area contributed by atoms with E-state index in [4.69, 9.17) is 18.9 Å². The van der Waals surface area contributed by atoms with Gasteiger partial charge >= 0.3 is 23.9 Å². The fourth-order valence-corrected chi connectivity index (χ4v) is 2.58. The topological polar surface area (TPSA) is 105 Å². The van der Waals surface area contributed by atoms with Crippen molar-refractivity contribution in [2.24, 2.45) is 0 Å². The monoisotopic (exact) mass is 508 g/mol. The zero-order valence-corrected chi connectivity index (χ0v) is 20.9. The lowest BCUT2D eigenvalue weighted by Crippen LogP contribution is -2.13. The van der Waals surface area contributed by atoms with Crippen LogP contribution in [-0.4, -0.2) is 23.9 Å². The molecule has 0 saturated carbocycles. The maximum atomic E-state index is 15.5. The van der Waals surface area contributed by atoms with Crippen LogP contribution in [0, 0.1) is 5.82 Å². The molecular formula is C28H25FO8. The second-order valence-corrected chi connectivity index (χ2v) is 8.12. The molecule has 0 aromatic heterocycles. The molecule has 0 unspecified atom stereocenters. The van der Waals surface area contributed by atoms with E-state index < -0.39 is 29.7 Å². The van der Waals surface area contributed by atoms with Gasteiger partial charge in [0.15, 0.2) is 0 Å². The van der Waals surface area contributed by atoms with Gasteiger partial charge < -0.3 is 18.9 Å². The predicted molar refractivity (Wildman–Crippen MR) is 134 cm³/mol. The minimum Gasteiger partial charge on any atom is -0.423 e. The van der Waals surface area contributed by atoms with E-state index in [1.54, 1.807) is 0 Å². The number of carbonyl (C=O) groups is 4. The van der Waals surface area contributed by atoms with Gasteiger partial charge in [0.2, 0.25) is 0 Å². The van der Waals surface area contributed by atoms with Gasteiger partial charge in [-0.25, -0.2) is 23.6 Å². The number of esters is 4. The van der Waals surface area contributed by atoms with Crippen LogP contribution >= 0.6 is 0 Å². The Labute approximate surface area is 213 Å². The van der Waals surface area contributed by atoms with E-state index in [2.05, 4.69) is 26.3 Å². The molecule has 0 heterocycles. The third kappa shape index (κ3) is 7.35. The van der Waals surface area contributed by atoms with Crippen molar-refractivity contribution in [3.8, 4) is 34.1 Å². The van der Waals surface area contributed by atoms with Gasteiger partial charge in [-0.05, 0) is 39.8 Å². The van der Waals surface area contributed by atoms with Crippen LogP contribution in [0.1, 0.15) is 27.7 Å². The van der Waals surface area contributed by atoms with Crippen LogP contribution in [0.2, 0.25) is 0 Å². The number of ether oxygens (including phenoxy) is 4. The van der Waals surface area contributed by atoms with E-state index in [9.17, 15) is 19.2 Å². The quantitative estimate of drug-likeness (QED) is 0.251. The number of carbonyl (C=O) groups excluding carboxylic acids is 4. The number of hydrogen-bond donors (Lipinski definition) is 0. The summed E-state index contributed by atoms with van der Waals surface area (Å²) in [7, 11) is 0. The molecule has 0 N–H and O–H groups in total. The fraction of sp³-hybridized carbons (Fsp3) is 0.143. The highest BCUT2D eigenvalue weighted by Crippen LogP contribution is 2.43. The van der Waals surface area contributed by atoms with E-state index >= 15 is 4.39 Å². The van der Waals surface area contributed by atoms with E-state index in [-0.39, 0.29) is 56.4 Å². The molecule has 9 heteroatoms. The van der Waals surface area contributed by atoms with E-state index in [0.29, 0.717) is 0 Å². The lowest BCUT2D eigenvalue weighted by molar-refractivity contribution is -0.131. The second kappa shape index (κ2) is 11.8. The minimum atomic E-state index is -0.990. The molecule has 0 aliphatic heterocycles. The summed E-state index contributed by atoms with van der Waals surface area (Å²) in [4.78, 5) is 48.5. The van der Waals surface area contributed by atoms with Gasteiger partial charge in [-0.3, -0.25) is 0 Å². The highest BCUT2D eigenvalue weighted by atomic mass is 19.1. The van der Waals surface area contributed by atoms with Gasteiger partial charge in [0.1, 0.15) is 28.8 Å². The molecule has 0 atom stereocenters. The Kier molecular flexibility index (Phi) is 9.04. The molecule has 192 valence electrons. The standard InChI is InChI=1S/C28H25FO8/c1-14(2)25(30)34-18-9-10-20(22(12-18)36-27(32)16(5)6)24-21(29)11-19(35-26(31)15(3)4)13-23(24)37-28(33)17(7)8/h9-13H,1,3,5,7H2,2,4,6,8H3. The molecule has 0 bridgehead atoms. The first kappa shape index (κ1) is 28.4. The first-order chi connectivity index (χ1) is 17.2. The summed E-state index contributed by atoms with van der Waals surface area (Å²) in [6.45, 7) is 19.6. The first-order valence-corrected chi connectivity index (χ1v) is 10.7. The molecule has 0 aliphatic carbocycles. The number of benzene rings is 2. The van der Waals surface area contributed by atoms with Crippen LogP contribution in [0.15, 0.2) is 78.9 Å². The summed E-state index contributed by atoms with van der Waals surface area (Å²) in [5.74, 6) is -5.21. The zero-order valence-electron chi connectivity index (χ0n) is 20.9. The molecule has 2 rings (SSSR count). The first-order valence-electron chi connectivity index (χ1n) is 10.7. The molecule has 8 nitrogen and oxygen atoms in total. The van der Waals surface area contributed by atoms with Crippen LogP contribution in [0.4, 0.5) is 4.39 Å². The SMILES string of the molecule is C=C(C)C(=O)Oc1ccc(-c2c(F)cc(OC(=O)C(=C)C)cc2OC(=O)C(=C)C)c(OC(=O)C(=C)C)c1. The number of hydrogen-bond acceptors (Lipinski definition) is 8. The molecular weight excluding hydrogens is 483 g/mol. The Morgan fingerprint density at radius 2 is 1.00 bits per heavy atom. The molecule has 0 radical (unpaired) electrons. The Morgan fingerprint density at radius 1 is 0.595 bits per heavy atom. The Balaban J connectivity index is 2.76. The van der Waals surface area contributed by atoms with Gasteiger partial charge in [0.05, 0.1) is 5.56 Å². The fourth-order valence-electron chi connectivity index (χ4n) is 2.58. The van der Waals surface area contributed by atoms with E-state index in [1.807, 2.05) is 0 Å². The largest absolute Gasteiger partial charge is 0.423 e. The molecule has 0 spiro atoms. The maximum absolute atomic E-state index is 15.5. The van der Waals surface area contributed by atoms with Crippen molar-refractivity contribution in [2.75, 3.05) is 0 Å². The van der Waals surface area contributed by atoms with Crippen LogP contribution in [0.3, 0.4) is 0 Å². The predicted octanol–water partition coefficient (Wildman–Crippen LogP) is 5.42. The van der Waals surface area contributed by atoms with Gasteiger partial charge in [-0.1, -0.05) is 26.3 Å². The average molecular weight is 508 g/mol. The van der Waals surface area contributed by atoms with Gasteiger partial charge in [-0.15, -0.1) is 0 Å². The summed E-state index contributed by atoms with van der Waals surface area (Å²) in [5, 5.41) is 0. The van der Waals surface area contributed by atoms with Crippen molar-refractivity contribution in [3.63, 3.8) is 0 Å². The molecule has 0 amide bonds. The molecule has 0 fully saturated rings. The van der Waals surface area contributed by atoms with Gasteiger partial charge in [-0.2, -0.15) is 0 Å². The Bertz CT molecular complexity index is 1370.